The van der Waals surface area contributed by atoms with Crippen LogP contribution < -0.4 is 0 Å². The van der Waals surface area contributed by atoms with Gasteiger partial charge in [-0.25, -0.2) is 14.4 Å². The van der Waals surface area contributed by atoms with Gasteiger partial charge in [0, 0.05) is 6.42 Å². The monoisotopic (exact) mass is 574 g/mol. The number of cyclic esters (lactones) is 3. The van der Waals surface area contributed by atoms with Crippen LogP contribution in [0.3, 0.4) is 0 Å². The van der Waals surface area contributed by atoms with Crippen molar-refractivity contribution in [1.82, 2.24) is 0 Å². The van der Waals surface area contributed by atoms with Gasteiger partial charge in [0.2, 0.25) is 12.2 Å². The molecule has 3 N–H and O–H groups in total. The first-order chi connectivity index (χ1) is 19.3. The normalized spacial score (nSPS) is 21.6. The molecule has 1 fully saturated rings. The third-order valence-corrected chi connectivity index (χ3v) is 6.91. The van der Waals surface area contributed by atoms with Crippen molar-refractivity contribution >= 4 is 23.9 Å². The molecule has 1 aliphatic rings. The maximum atomic E-state index is 12.6. The molecule has 11 nitrogen and oxygen atoms in total. The van der Waals surface area contributed by atoms with E-state index >= 15 is 0 Å². The van der Waals surface area contributed by atoms with Crippen molar-refractivity contribution in [1.29, 1.82) is 0 Å². The Kier molecular flexibility index (Phi) is 19.2. The van der Waals surface area contributed by atoms with Crippen molar-refractivity contribution in [2.45, 2.75) is 140 Å². The maximum absolute atomic E-state index is 12.6. The van der Waals surface area contributed by atoms with Gasteiger partial charge in [0.05, 0.1) is 13.2 Å². The molecular weight excluding hydrogens is 524 g/mol. The molecule has 0 spiro atoms. The highest BCUT2D eigenvalue weighted by molar-refractivity contribution is 5.90. The fourth-order valence-electron chi connectivity index (χ4n) is 4.45. The zero-order valence-corrected chi connectivity index (χ0v) is 24.1. The van der Waals surface area contributed by atoms with Gasteiger partial charge in [0.1, 0.15) is 6.61 Å². The van der Waals surface area contributed by atoms with Crippen LogP contribution in [0.2, 0.25) is 0 Å². The fraction of sp³-hybridized carbons (Fsp3) is 0.862. The van der Waals surface area contributed by atoms with Crippen LogP contribution in [0.25, 0.3) is 0 Å². The van der Waals surface area contributed by atoms with Gasteiger partial charge in [-0.05, 0) is 6.42 Å². The molecule has 1 aliphatic heterocycles. The molecule has 1 heterocycles. The lowest BCUT2D eigenvalue weighted by Crippen LogP contribution is -2.53. The second-order valence-electron chi connectivity index (χ2n) is 10.4. The molecule has 3 atom stereocenters. The Bertz CT molecular complexity index is 739. The van der Waals surface area contributed by atoms with Crippen LogP contribution in [0.15, 0.2) is 0 Å². The number of carbonyl (C=O) groups excluding carboxylic acids is 4. The Balaban J connectivity index is 2.27. The van der Waals surface area contributed by atoms with E-state index in [-0.39, 0.29) is 6.42 Å². The largest absolute Gasteiger partial charge is 0.445 e. The number of ether oxygens (including phenoxy) is 4. The molecule has 40 heavy (non-hydrogen) atoms. The molecule has 0 radical (unpaired) electrons. The number of hydrogen-bond donors (Lipinski definition) is 3. The van der Waals surface area contributed by atoms with Crippen LogP contribution >= 0.6 is 0 Å². The lowest BCUT2D eigenvalue weighted by molar-refractivity contribution is -0.251. The van der Waals surface area contributed by atoms with E-state index in [0.717, 1.165) is 25.7 Å². The highest BCUT2D eigenvalue weighted by atomic mass is 16.8. The molecule has 232 valence electrons. The van der Waals surface area contributed by atoms with E-state index in [1.54, 1.807) is 0 Å². The van der Waals surface area contributed by atoms with Crippen LogP contribution in [0.1, 0.15) is 122 Å². The topological polar surface area (TPSA) is 166 Å². The molecule has 0 aromatic heterocycles. The first-order valence-corrected chi connectivity index (χ1v) is 15.0. The van der Waals surface area contributed by atoms with E-state index in [0.29, 0.717) is 6.42 Å². The summed E-state index contributed by atoms with van der Waals surface area (Å²) < 4.78 is 19.3. The van der Waals surface area contributed by atoms with E-state index in [2.05, 4.69) is 11.7 Å². The summed E-state index contributed by atoms with van der Waals surface area (Å²) in [5, 5.41) is 28.4. The standard InChI is InChI=1S/C29H50O11/c1-2-3-4-5-6-7-8-9-10-11-12-13-14-15-16-17-18-19-25(33)39-29(22-32)28(36)38-23(20-30)26(34)37-24(21-31)27(35)40-29/h23-24,30-32H,2-22H2,1H3. The molecule has 3 unspecified atom stereocenters. The van der Waals surface area contributed by atoms with Crippen molar-refractivity contribution in [2.24, 2.45) is 0 Å². The second kappa shape index (κ2) is 21.5. The van der Waals surface area contributed by atoms with Crippen molar-refractivity contribution in [3.8, 4) is 0 Å². The minimum absolute atomic E-state index is 0.104. The molecule has 0 aromatic carbocycles. The summed E-state index contributed by atoms with van der Waals surface area (Å²) in [5.41, 5.74) is 0. The molecular formula is C29H50O11. The predicted molar refractivity (Wildman–Crippen MR) is 145 cm³/mol. The van der Waals surface area contributed by atoms with Crippen LogP contribution in [-0.2, 0) is 38.1 Å². The average molecular weight is 575 g/mol. The van der Waals surface area contributed by atoms with Crippen LogP contribution in [-0.4, -0.2) is 77.0 Å². The third kappa shape index (κ3) is 13.9. The van der Waals surface area contributed by atoms with Gasteiger partial charge >= 0.3 is 29.7 Å². The number of esters is 4. The summed E-state index contributed by atoms with van der Waals surface area (Å²) >= 11 is 0. The summed E-state index contributed by atoms with van der Waals surface area (Å²) in [5.74, 6) is -8.11. The summed E-state index contributed by atoms with van der Waals surface area (Å²) in [6, 6.07) is 0. The zero-order chi connectivity index (χ0) is 29.6. The van der Waals surface area contributed by atoms with Crippen molar-refractivity contribution < 1.29 is 53.4 Å². The van der Waals surface area contributed by atoms with E-state index in [1.165, 1.54) is 77.0 Å². The second-order valence-corrected chi connectivity index (χ2v) is 10.4. The van der Waals surface area contributed by atoms with Gasteiger partial charge in [-0.15, -0.1) is 0 Å². The van der Waals surface area contributed by atoms with Crippen molar-refractivity contribution in [3.05, 3.63) is 0 Å². The number of hydrogen-bond acceptors (Lipinski definition) is 11. The summed E-state index contributed by atoms with van der Waals surface area (Å²) in [4.78, 5) is 49.2. The molecule has 0 aromatic rings. The van der Waals surface area contributed by atoms with Crippen molar-refractivity contribution in [2.75, 3.05) is 19.8 Å². The lowest BCUT2D eigenvalue weighted by Gasteiger charge is -2.28. The van der Waals surface area contributed by atoms with Gasteiger partial charge < -0.3 is 34.3 Å². The van der Waals surface area contributed by atoms with Gasteiger partial charge in [0.15, 0.2) is 0 Å². The highest BCUT2D eigenvalue weighted by Crippen LogP contribution is 2.22. The maximum Gasteiger partial charge on any atom is 0.396 e. The van der Waals surface area contributed by atoms with Gasteiger partial charge in [-0.3, -0.25) is 4.79 Å². The Morgan fingerprint density at radius 3 is 1.52 bits per heavy atom. The molecule has 0 saturated carbocycles. The average Bonchev–Trinajstić information content (AvgIpc) is 2.98. The minimum atomic E-state index is -2.89. The molecule has 1 rings (SSSR count). The van der Waals surface area contributed by atoms with E-state index in [4.69, 9.17) is 14.2 Å². The zero-order valence-electron chi connectivity index (χ0n) is 24.1. The molecule has 11 heteroatoms. The Morgan fingerprint density at radius 2 is 1.10 bits per heavy atom. The van der Waals surface area contributed by atoms with Crippen LogP contribution in [0, 0.1) is 0 Å². The van der Waals surface area contributed by atoms with Gasteiger partial charge in [0.25, 0.3) is 0 Å². The molecule has 0 bridgehead atoms. The fourth-order valence-corrected chi connectivity index (χ4v) is 4.45. The molecule has 0 amide bonds. The number of aliphatic hydroxyl groups excluding tert-OH is 3. The van der Waals surface area contributed by atoms with Crippen LogP contribution in [0.4, 0.5) is 0 Å². The Hall–Kier alpha value is -2.24. The number of rotatable bonds is 22. The smallest absolute Gasteiger partial charge is 0.396 e. The summed E-state index contributed by atoms with van der Waals surface area (Å²) in [6.45, 7) is -1.07. The third-order valence-electron chi connectivity index (χ3n) is 6.91. The summed E-state index contributed by atoms with van der Waals surface area (Å²) in [7, 11) is 0. The highest BCUT2D eigenvalue weighted by Gasteiger charge is 2.52. The van der Waals surface area contributed by atoms with E-state index in [1.807, 2.05) is 0 Å². The Labute approximate surface area is 237 Å². The number of unbranched alkanes of at least 4 members (excludes halogenated alkanes) is 16. The van der Waals surface area contributed by atoms with Gasteiger partial charge in [-0.1, -0.05) is 110 Å². The number of carbonyl (C=O) groups is 4. The minimum Gasteiger partial charge on any atom is -0.445 e. The van der Waals surface area contributed by atoms with Crippen molar-refractivity contribution in [3.63, 3.8) is 0 Å². The predicted octanol–water partition coefficient (Wildman–Crippen LogP) is 3.62. The molecule has 0 aliphatic carbocycles. The van der Waals surface area contributed by atoms with E-state index < -0.39 is 61.7 Å². The SMILES string of the molecule is CCCCCCCCCCCCCCCCCCCC(=O)OC1(CO)OC(=O)C(CO)OC(=O)C(CO)OC1=O. The first kappa shape index (κ1) is 35.8. The Morgan fingerprint density at radius 1 is 0.675 bits per heavy atom. The molecule has 1 saturated heterocycles. The first-order valence-electron chi connectivity index (χ1n) is 15.0. The summed E-state index contributed by atoms with van der Waals surface area (Å²) in [6.07, 6.45) is 16.3. The lowest BCUT2D eigenvalue weighted by atomic mass is 10.0. The van der Waals surface area contributed by atoms with Gasteiger partial charge in [-0.2, -0.15) is 0 Å². The van der Waals surface area contributed by atoms with E-state index in [9.17, 15) is 34.5 Å². The number of aliphatic hydroxyl groups is 3. The van der Waals surface area contributed by atoms with Crippen LogP contribution in [0.5, 0.6) is 0 Å². The quantitative estimate of drug-likeness (QED) is 0.0982.